The minimum Gasteiger partial charge on any atom is -0.497 e. The molecular formula is C30H31N3O5. The summed E-state index contributed by atoms with van der Waals surface area (Å²) in [6, 6.07) is 13.6. The molecule has 0 fully saturated rings. The number of ether oxygens (including phenoxy) is 2. The van der Waals surface area contributed by atoms with Crippen molar-refractivity contribution in [1.82, 2.24) is 4.98 Å². The number of esters is 1. The van der Waals surface area contributed by atoms with E-state index in [0.717, 1.165) is 52.4 Å². The summed E-state index contributed by atoms with van der Waals surface area (Å²) in [6.07, 6.45) is 4.38. The highest BCUT2D eigenvalue weighted by molar-refractivity contribution is 6.35. The monoisotopic (exact) mass is 513 g/mol. The quantitative estimate of drug-likeness (QED) is 0.270. The highest BCUT2D eigenvalue weighted by Gasteiger charge is 2.29. The first-order valence-corrected chi connectivity index (χ1v) is 12.9. The van der Waals surface area contributed by atoms with Crippen LogP contribution in [0.3, 0.4) is 0 Å². The Kier molecular flexibility index (Phi) is 7.31. The summed E-state index contributed by atoms with van der Waals surface area (Å²) in [5.74, 6) is 0.371. The second kappa shape index (κ2) is 11.0. The number of anilines is 2. The van der Waals surface area contributed by atoms with Crippen LogP contribution >= 0.6 is 0 Å². The van der Waals surface area contributed by atoms with Crippen molar-refractivity contribution in [1.29, 1.82) is 0 Å². The smallest absolute Gasteiger partial charge is 0.306 e. The van der Waals surface area contributed by atoms with E-state index in [1.54, 1.807) is 20.1 Å². The van der Waals surface area contributed by atoms with Crippen LogP contribution in [-0.4, -0.2) is 36.4 Å². The SMILES string of the molecule is CCOC(=O)CCc1c(C=C2C(=O)Nc3ccc(NCc4ccc(OC)cc4)cc32)[nH]c2c1C(=O)CCC2. The number of aryl methyl sites for hydroxylation is 1. The molecule has 8 nitrogen and oxygen atoms in total. The second-order valence-corrected chi connectivity index (χ2v) is 9.43. The van der Waals surface area contributed by atoms with Gasteiger partial charge in [-0.1, -0.05) is 12.1 Å². The van der Waals surface area contributed by atoms with Crippen molar-refractivity contribution in [3.8, 4) is 5.75 Å². The lowest BCUT2D eigenvalue weighted by molar-refractivity contribution is -0.143. The minimum atomic E-state index is -0.305. The standard InChI is InChI=1S/C30H31N3O5/c1-3-38-28(35)14-12-21-26(32-25-5-4-6-27(34)29(21)25)16-23-22-15-19(9-13-24(22)33-30(23)36)31-17-18-7-10-20(37-2)11-8-18/h7-11,13,15-16,31-32H,3-6,12,14,17H2,1-2H3,(H,33,36). The largest absolute Gasteiger partial charge is 0.497 e. The summed E-state index contributed by atoms with van der Waals surface area (Å²) in [5, 5.41) is 6.35. The van der Waals surface area contributed by atoms with Crippen LogP contribution in [0.15, 0.2) is 42.5 Å². The highest BCUT2D eigenvalue weighted by atomic mass is 16.5. The number of ketones is 1. The van der Waals surface area contributed by atoms with Gasteiger partial charge in [0.1, 0.15) is 5.75 Å². The molecule has 2 heterocycles. The maximum atomic E-state index is 13.0. The molecule has 5 rings (SSSR count). The molecule has 0 radical (unpaired) electrons. The molecule has 2 aromatic carbocycles. The average Bonchev–Trinajstić information content (AvgIpc) is 3.43. The van der Waals surface area contributed by atoms with E-state index in [2.05, 4.69) is 15.6 Å². The first-order valence-electron chi connectivity index (χ1n) is 12.9. The van der Waals surface area contributed by atoms with Crippen LogP contribution in [0, 0.1) is 0 Å². The van der Waals surface area contributed by atoms with Gasteiger partial charge in [0.25, 0.3) is 5.91 Å². The van der Waals surface area contributed by atoms with Gasteiger partial charge in [0.2, 0.25) is 0 Å². The minimum absolute atomic E-state index is 0.0762. The fraction of sp³-hybridized carbons (Fsp3) is 0.300. The van der Waals surface area contributed by atoms with Crippen LogP contribution in [0.4, 0.5) is 11.4 Å². The van der Waals surface area contributed by atoms with Crippen LogP contribution in [0.1, 0.15) is 64.6 Å². The molecule has 3 N–H and O–H groups in total. The Balaban J connectivity index is 1.44. The third-order valence-corrected chi connectivity index (χ3v) is 6.96. The molecule has 3 aromatic rings. The Labute approximate surface area is 221 Å². The zero-order chi connectivity index (χ0) is 26.6. The molecule has 1 aliphatic carbocycles. The van der Waals surface area contributed by atoms with E-state index in [0.29, 0.717) is 42.8 Å². The van der Waals surface area contributed by atoms with Crippen LogP contribution in [-0.2, 0) is 33.7 Å². The second-order valence-electron chi connectivity index (χ2n) is 9.43. The zero-order valence-corrected chi connectivity index (χ0v) is 21.6. The van der Waals surface area contributed by atoms with Gasteiger partial charge in [-0.2, -0.15) is 0 Å². The molecule has 8 heteroatoms. The van der Waals surface area contributed by atoms with Gasteiger partial charge in [-0.3, -0.25) is 14.4 Å². The number of H-pyrrole nitrogens is 1. The topological polar surface area (TPSA) is 110 Å². The molecule has 0 unspecified atom stereocenters. The Morgan fingerprint density at radius 1 is 1.11 bits per heavy atom. The molecule has 1 aliphatic heterocycles. The molecule has 2 aliphatic rings. The Morgan fingerprint density at radius 2 is 1.92 bits per heavy atom. The average molecular weight is 514 g/mol. The number of amides is 1. The number of aromatic nitrogens is 1. The predicted molar refractivity (Wildman–Crippen MR) is 146 cm³/mol. The lowest BCUT2D eigenvalue weighted by Gasteiger charge is -2.11. The maximum absolute atomic E-state index is 13.0. The van der Waals surface area contributed by atoms with E-state index in [1.807, 2.05) is 42.5 Å². The first-order chi connectivity index (χ1) is 18.5. The summed E-state index contributed by atoms with van der Waals surface area (Å²) in [6.45, 7) is 2.70. The van der Waals surface area contributed by atoms with E-state index in [-0.39, 0.29) is 24.1 Å². The summed E-state index contributed by atoms with van der Waals surface area (Å²) >= 11 is 0. The summed E-state index contributed by atoms with van der Waals surface area (Å²) in [7, 11) is 1.64. The lowest BCUT2D eigenvalue weighted by Crippen LogP contribution is -2.12. The van der Waals surface area contributed by atoms with Gasteiger partial charge < -0.3 is 25.1 Å². The van der Waals surface area contributed by atoms with Crippen molar-refractivity contribution in [2.75, 3.05) is 24.4 Å². The number of hydrogen-bond acceptors (Lipinski definition) is 6. The Bertz CT molecular complexity index is 1420. The molecular weight excluding hydrogens is 482 g/mol. The van der Waals surface area contributed by atoms with E-state index < -0.39 is 0 Å². The van der Waals surface area contributed by atoms with Crippen molar-refractivity contribution in [3.63, 3.8) is 0 Å². The zero-order valence-electron chi connectivity index (χ0n) is 21.6. The third-order valence-electron chi connectivity index (χ3n) is 6.96. The fourth-order valence-corrected chi connectivity index (χ4v) is 5.07. The van der Waals surface area contributed by atoms with Crippen molar-refractivity contribution in [3.05, 3.63) is 76.1 Å². The number of methoxy groups -OCH3 is 1. The number of fused-ring (bicyclic) bond motifs is 2. The number of rotatable bonds is 9. The van der Waals surface area contributed by atoms with Gasteiger partial charge in [0.15, 0.2) is 5.78 Å². The number of Topliss-reactive ketones (excluding diaryl/α,β-unsaturated/α-hetero) is 1. The van der Waals surface area contributed by atoms with Crippen molar-refractivity contribution in [2.45, 2.75) is 45.6 Å². The summed E-state index contributed by atoms with van der Waals surface area (Å²) < 4.78 is 10.3. The highest BCUT2D eigenvalue weighted by Crippen LogP contribution is 2.37. The lowest BCUT2D eigenvalue weighted by atomic mass is 9.91. The van der Waals surface area contributed by atoms with Gasteiger partial charge in [0.05, 0.1) is 19.3 Å². The van der Waals surface area contributed by atoms with Crippen LogP contribution in [0.25, 0.3) is 11.6 Å². The normalized spacial score (nSPS) is 15.2. The summed E-state index contributed by atoms with van der Waals surface area (Å²) in [4.78, 5) is 41.3. The number of nitrogens with one attached hydrogen (secondary N) is 3. The van der Waals surface area contributed by atoms with E-state index >= 15 is 0 Å². The van der Waals surface area contributed by atoms with Crippen LogP contribution in [0.2, 0.25) is 0 Å². The third kappa shape index (κ3) is 5.20. The van der Waals surface area contributed by atoms with E-state index in [1.165, 1.54) is 0 Å². The summed E-state index contributed by atoms with van der Waals surface area (Å²) in [5.41, 5.74) is 7.03. The number of carbonyl (C=O) groups excluding carboxylic acids is 3. The number of benzene rings is 2. The Hall–Kier alpha value is -4.33. The molecule has 1 aromatic heterocycles. The number of hydrogen-bond donors (Lipinski definition) is 3. The molecule has 38 heavy (non-hydrogen) atoms. The van der Waals surface area contributed by atoms with Gasteiger partial charge in [-0.15, -0.1) is 0 Å². The maximum Gasteiger partial charge on any atom is 0.306 e. The molecule has 196 valence electrons. The molecule has 0 atom stereocenters. The van der Waals surface area contributed by atoms with Gasteiger partial charge in [-0.05, 0) is 73.7 Å². The molecule has 0 spiro atoms. The molecule has 0 bridgehead atoms. The Morgan fingerprint density at radius 3 is 2.68 bits per heavy atom. The van der Waals surface area contributed by atoms with E-state index in [9.17, 15) is 14.4 Å². The van der Waals surface area contributed by atoms with Crippen LogP contribution < -0.4 is 15.4 Å². The molecule has 1 amide bonds. The van der Waals surface area contributed by atoms with Crippen molar-refractivity contribution in [2.24, 2.45) is 0 Å². The fourth-order valence-electron chi connectivity index (χ4n) is 5.07. The van der Waals surface area contributed by atoms with Gasteiger partial charge in [0, 0.05) is 53.3 Å². The van der Waals surface area contributed by atoms with Crippen molar-refractivity contribution >= 4 is 40.7 Å². The van der Waals surface area contributed by atoms with E-state index in [4.69, 9.17) is 9.47 Å². The van der Waals surface area contributed by atoms with Crippen molar-refractivity contribution < 1.29 is 23.9 Å². The van der Waals surface area contributed by atoms with Gasteiger partial charge in [-0.25, -0.2) is 0 Å². The number of carbonyl (C=O) groups is 3. The molecule has 0 saturated heterocycles. The predicted octanol–water partition coefficient (Wildman–Crippen LogP) is 5.14. The van der Waals surface area contributed by atoms with Crippen LogP contribution in [0.5, 0.6) is 5.75 Å². The number of aromatic amines is 1. The van der Waals surface area contributed by atoms with Gasteiger partial charge >= 0.3 is 5.97 Å². The first kappa shape index (κ1) is 25.3. The molecule has 0 saturated carbocycles.